The van der Waals surface area contributed by atoms with Gasteiger partial charge in [-0.1, -0.05) is 123 Å². The zero-order valence-corrected chi connectivity index (χ0v) is 35.1. The predicted molar refractivity (Wildman–Crippen MR) is 240 cm³/mol. The summed E-state index contributed by atoms with van der Waals surface area (Å²) in [6.07, 6.45) is 19.6. The van der Waals surface area contributed by atoms with Gasteiger partial charge in [0.1, 0.15) is 13.2 Å². The molecule has 0 unspecified atom stereocenters. The van der Waals surface area contributed by atoms with E-state index in [1.165, 1.54) is 95.5 Å². The van der Waals surface area contributed by atoms with Crippen molar-refractivity contribution in [3.05, 3.63) is 155 Å². The monoisotopic (exact) mass is 797 g/mol. The lowest BCUT2D eigenvalue weighted by Gasteiger charge is -2.11. The summed E-state index contributed by atoms with van der Waals surface area (Å²) in [4.78, 5) is 9.49. The Morgan fingerprint density at radius 1 is 0.431 bits per heavy atom. The Hall–Kier alpha value is -4.36. The summed E-state index contributed by atoms with van der Waals surface area (Å²) >= 11 is 0. The van der Waals surface area contributed by atoms with Crippen LogP contribution in [0.2, 0.25) is 0 Å². The van der Waals surface area contributed by atoms with Crippen LogP contribution in [0.5, 0.6) is 0 Å². The summed E-state index contributed by atoms with van der Waals surface area (Å²) in [7, 11) is -2.13. The van der Waals surface area contributed by atoms with E-state index in [0.29, 0.717) is 13.2 Å². The SMILES string of the molecule is O=[P+](OCCCNCc1ccc(CCCCCCc2ccccc2)c2cccnc12)OCCCNCc1ccc(CCCCCCc2ccccc2)c2cccnc12. The van der Waals surface area contributed by atoms with Crippen LogP contribution in [0.3, 0.4) is 0 Å². The van der Waals surface area contributed by atoms with E-state index in [1.54, 1.807) is 0 Å². The van der Waals surface area contributed by atoms with Gasteiger partial charge in [-0.15, -0.1) is 9.05 Å². The second-order valence-corrected chi connectivity index (χ2v) is 16.3. The highest BCUT2D eigenvalue weighted by Gasteiger charge is 2.19. The third-order valence-electron chi connectivity index (χ3n) is 10.9. The number of fused-ring (bicyclic) bond motifs is 2. The summed E-state index contributed by atoms with van der Waals surface area (Å²) in [6.45, 7) is 3.74. The molecule has 6 aromatic rings. The fraction of sp³-hybridized carbons (Fsp3) is 0.400. The first kappa shape index (κ1) is 43.2. The van der Waals surface area contributed by atoms with Crippen molar-refractivity contribution in [2.75, 3.05) is 26.3 Å². The van der Waals surface area contributed by atoms with Gasteiger partial charge in [0.05, 0.1) is 11.0 Å². The van der Waals surface area contributed by atoms with Crippen molar-refractivity contribution < 1.29 is 13.6 Å². The number of nitrogens with zero attached hydrogens (tertiary/aromatic N) is 2. The van der Waals surface area contributed by atoms with Crippen LogP contribution in [0, 0.1) is 0 Å². The number of unbranched alkanes of at least 4 members (excludes halogenated alkanes) is 6. The second-order valence-electron chi connectivity index (χ2n) is 15.3. The van der Waals surface area contributed by atoms with E-state index in [2.05, 4.69) is 108 Å². The van der Waals surface area contributed by atoms with Crippen molar-refractivity contribution in [3.8, 4) is 0 Å². The molecule has 2 heterocycles. The highest BCUT2D eigenvalue weighted by molar-refractivity contribution is 7.33. The van der Waals surface area contributed by atoms with Gasteiger partial charge in [-0.05, 0) is 123 Å². The topological polar surface area (TPSA) is 85.4 Å². The normalized spacial score (nSPS) is 11.4. The Morgan fingerprint density at radius 2 is 0.845 bits per heavy atom. The van der Waals surface area contributed by atoms with Crippen LogP contribution in [-0.4, -0.2) is 36.3 Å². The van der Waals surface area contributed by atoms with Crippen LogP contribution in [0.4, 0.5) is 0 Å². The number of pyridine rings is 2. The molecule has 304 valence electrons. The maximum Gasteiger partial charge on any atom is 0.697 e. The maximum absolute atomic E-state index is 12.3. The smallest absolute Gasteiger partial charge is 0.313 e. The second kappa shape index (κ2) is 25.2. The van der Waals surface area contributed by atoms with Crippen molar-refractivity contribution in [1.29, 1.82) is 0 Å². The summed E-state index contributed by atoms with van der Waals surface area (Å²) in [5.74, 6) is 0. The Kier molecular flexibility index (Phi) is 18.8. The molecule has 6 rings (SSSR count). The number of nitrogens with one attached hydrogen (secondary N) is 2. The third kappa shape index (κ3) is 14.5. The summed E-state index contributed by atoms with van der Waals surface area (Å²) < 4.78 is 23.3. The zero-order chi connectivity index (χ0) is 39.9. The Labute approximate surface area is 347 Å². The fourth-order valence-electron chi connectivity index (χ4n) is 7.74. The van der Waals surface area contributed by atoms with Gasteiger partial charge in [-0.2, -0.15) is 0 Å². The molecule has 0 spiro atoms. The molecule has 0 atom stereocenters. The van der Waals surface area contributed by atoms with Gasteiger partial charge in [-0.25, -0.2) is 0 Å². The maximum atomic E-state index is 12.3. The summed E-state index contributed by atoms with van der Waals surface area (Å²) in [5.41, 5.74) is 10.2. The number of hydrogen-bond acceptors (Lipinski definition) is 7. The van der Waals surface area contributed by atoms with Crippen LogP contribution in [0.15, 0.2) is 122 Å². The van der Waals surface area contributed by atoms with Crippen LogP contribution in [0.1, 0.15) is 97.6 Å². The first-order valence-corrected chi connectivity index (χ1v) is 22.8. The molecule has 0 saturated heterocycles. The van der Waals surface area contributed by atoms with Gasteiger partial charge in [0.2, 0.25) is 0 Å². The molecule has 0 amide bonds. The van der Waals surface area contributed by atoms with E-state index in [4.69, 9.17) is 19.0 Å². The quantitative estimate of drug-likeness (QED) is 0.0378. The zero-order valence-electron chi connectivity index (χ0n) is 34.3. The van der Waals surface area contributed by atoms with E-state index in [0.717, 1.165) is 75.7 Å². The summed E-state index contributed by atoms with van der Waals surface area (Å²) in [5, 5.41) is 9.53. The number of rotatable bonds is 28. The van der Waals surface area contributed by atoms with Crippen LogP contribution in [0.25, 0.3) is 21.8 Å². The van der Waals surface area contributed by atoms with Gasteiger partial charge < -0.3 is 10.6 Å². The molecule has 0 bridgehead atoms. The lowest BCUT2D eigenvalue weighted by Crippen LogP contribution is -2.17. The van der Waals surface area contributed by atoms with Gasteiger partial charge in [-0.3, -0.25) is 9.97 Å². The summed E-state index contributed by atoms with van der Waals surface area (Å²) in [6, 6.07) is 39.0. The number of hydrogen-bond donors (Lipinski definition) is 2. The minimum absolute atomic E-state index is 0.383. The van der Waals surface area contributed by atoms with Crippen molar-refractivity contribution in [3.63, 3.8) is 0 Å². The van der Waals surface area contributed by atoms with E-state index in [1.807, 2.05) is 24.5 Å². The molecule has 0 saturated carbocycles. The van der Waals surface area contributed by atoms with Gasteiger partial charge in [0.15, 0.2) is 0 Å². The Balaban J connectivity index is 0.798. The first-order chi connectivity index (χ1) is 28.7. The van der Waals surface area contributed by atoms with Crippen LogP contribution >= 0.6 is 8.25 Å². The molecule has 0 aliphatic rings. The molecule has 7 nitrogen and oxygen atoms in total. The lowest BCUT2D eigenvalue weighted by atomic mass is 9.98. The third-order valence-corrected chi connectivity index (χ3v) is 11.7. The number of benzene rings is 4. The molecule has 0 radical (unpaired) electrons. The van der Waals surface area contributed by atoms with E-state index >= 15 is 0 Å². The van der Waals surface area contributed by atoms with Crippen molar-refractivity contribution in [2.24, 2.45) is 0 Å². The van der Waals surface area contributed by atoms with Crippen molar-refractivity contribution in [2.45, 2.75) is 103 Å². The van der Waals surface area contributed by atoms with Crippen molar-refractivity contribution >= 4 is 30.1 Å². The fourth-order valence-corrected chi connectivity index (χ4v) is 8.37. The van der Waals surface area contributed by atoms with Gasteiger partial charge >= 0.3 is 8.25 Å². The molecule has 4 aromatic carbocycles. The lowest BCUT2D eigenvalue weighted by molar-refractivity contribution is 0.220. The molecule has 58 heavy (non-hydrogen) atoms. The van der Waals surface area contributed by atoms with E-state index in [9.17, 15) is 4.57 Å². The highest BCUT2D eigenvalue weighted by atomic mass is 31.1. The Morgan fingerprint density at radius 3 is 1.29 bits per heavy atom. The average molecular weight is 798 g/mol. The van der Waals surface area contributed by atoms with Gasteiger partial charge in [0, 0.05) is 40.8 Å². The molecule has 8 heteroatoms. The van der Waals surface area contributed by atoms with E-state index < -0.39 is 8.25 Å². The molecule has 2 N–H and O–H groups in total. The minimum Gasteiger partial charge on any atom is -0.313 e. The molecule has 2 aromatic heterocycles. The number of aromatic nitrogens is 2. The molecule has 0 aliphatic heterocycles. The minimum atomic E-state index is -2.13. The molecular weight excluding hydrogens is 736 g/mol. The predicted octanol–water partition coefficient (Wildman–Crippen LogP) is 11.8. The first-order valence-electron chi connectivity index (χ1n) is 21.7. The number of aryl methyl sites for hydroxylation is 4. The Bertz CT molecular complexity index is 1950. The average Bonchev–Trinajstić information content (AvgIpc) is 3.27. The standard InChI is InChI=1S/C50H62N4O3P/c55-58(56-37-17-33-51-39-45-31-29-43(47-27-15-35-53-49(45)47)25-13-3-1-7-19-41-21-9-5-10-22-41)57-38-18-34-52-40-46-32-30-44(48-28-16-36-54-50(46)48)26-14-4-2-8-20-42-23-11-6-12-24-42/h5-6,9-12,15-16,21-24,27-32,35-36,51-52H,1-4,7-8,13-14,17-20,25-26,33-34,37-40H2/q+1. The van der Waals surface area contributed by atoms with Crippen molar-refractivity contribution in [1.82, 2.24) is 20.6 Å². The molecule has 0 aliphatic carbocycles. The van der Waals surface area contributed by atoms with Gasteiger partial charge in [0.25, 0.3) is 0 Å². The van der Waals surface area contributed by atoms with Crippen LogP contribution in [-0.2, 0) is 52.4 Å². The van der Waals surface area contributed by atoms with Crippen LogP contribution < -0.4 is 10.6 Å². The van der Waals surface area contributed by atoms with E-state index in [-0.39, 0.29) is 0 Å². The highest BCUT2D eigenvalue weighted by Crippen LogP contribution is 2.26. The molecule has 0 fully saturated rings. The largest absolute Gasteiger partial charge is 0.697 e. The molecular formula is C50H62N4O3P+.